The number of carbonyl (C=O) groups excluding carboxylic acids is 1. The van der Waals surface area contributed by atoms with Crippen molar-refractivity contribution >= 4 is 11.8 Å². The average Bonchev–Trinajstić information content (AvgIpc) is 2.30. The fraction of sp³-hybridized carbons (Fsp3) is 0.467. The molecule has 0 atom stereocenters. The Kier molecular flexibility index (Phi) is 5.55. The van der Waals surface area contributed by atoms with E-state index >= 15 is 0 Å². The lowest BCUT2D eigenvalue weighted by Gasteiger charge is -2.14. The Morgan fingerprint density at radius 3 is 2.53 bits per heavy atom. The number of carbonyl (C=O) groups is 2. The molecule has 104 valence electrons. The molecule has 0 aliphatic carbocycles. The summed E-state index contributed by atoms with van der Waals surface area (Å²) in [7, 11) is 0. The third-order valence-corrected chi connectivity index (χ3v) is 2.59. The van der Waals surface area contributed by atoms with Gasteiger partial charge in [-0.2, -0.15) is 0 Å². The fourth-order valence-corrected chi connectivity index (χ4v) is 1.75. The third-order valence-electron chi connectivity index (χ3n) is 2.59. The minimum Gasteiger partial charge on any atom is -0.490 e. The molecule has 19 heavy (non-hydrogen) atoms. The summed E-state index contributed by atoms with van der Waals surface area (Å²) in [6.45, 7) is 5.71. The maximum absolute atomic E-state index is 12.1. The van der Waals surface area contributed by atoms with Gasteiger partial charge in [-0.1, -0.05) is 11.6 Å². The van der Waals surface area contributed by atoms with Gasteiger partial charge in [-0.15, -0.1) is 0 Å². The van der Waals surface area contributed by atoms with E-state index < -0.39 is 5.97 Å². The normalized spacial score (nSPS) is 10.5. The predicted molar refractivity (Wildman–Crippen MR) is 72.8 cm³/mol. The lowest BCUT2D eigenvalue weighted by atomic mass is 10.0. The van der Waals surface area contributed by atoms with E-state index in [-0.39, 0.29) is 24.7 Å². The Bertz CT molecular complexity index is 463. The lowest BCUT2D eigenvalue weighted by Crippen LogP contribution is -2.10. The minimum atomic E-state index is -0.879. The summed E-state index contributed by atoms with van der Waals surface area (Å²) in [6, 6.07) is 5.48. The number of aliphatic carboxylic acids is 1. The predicted octanol–water partition coefficient (Wildman–Crippen LogP) is 3.22. The van der Waals surface area contributed by atoms with Crippen LogP contribution in [0.5, 0.6) is 5.75 Å². The number of hydrogen-bond acceptors (Lipinski definition) is 3. The van der Waals surface area contributed by atoms with E-state index in [4.69, 9.17) is 9.84 Å². The minimum absolute atomic E-state index is 0.00623. The fourth-order valence-electron chi connectivity index (χ4n) is 1.75. The first kappa shape index (κ1) is 15.2. The molecule has 0 aliphatic heterocycles. The van der Waals surface area contributed by atoms with Crippen molar-refractivity contribution in [3.8, 4) is 5.75 Å². The zero-order valence-corrected chi connectivity index (χ0v) is 11.6. The number of Topliss-reactive ketones (excluding diaryl/α,β-unsaturated/α-hetero) is 1. The number of aryl methyl sites for hydroxylation is 1. The molecule has 1 aromatic carbocycles. The van der Waals surface area contributed by atoms with E-state index in [2.05, 4.69) is 0 Å². The van der Waals surface area contributed by atoms with Gasteiger partial charge in [0, 0.05) is 12.8 Å². The van der Waals surface area contributed by atoms with Gasteiger partial charge in [0.2, 0.25) is 0 Å². The second kappa shape index (κ2) is 6.92. The van der Waals surface area contributed by atoms with Crippen molar-refractivity contribution < 1.29 is 19.4 Å². The second-order valence-corrected chi connectivity index (χ2v) is 4.84. The summed E-state index contributed by atoms with van der Waals surface area (Å²) in [5.41, 5.74) is 1.52. The molecule has 1 N–H and O–H groups in total. The Balaban J connectivity index is 2.81. The van der Waals surface area contributed by atoms with E-state index in [1.807, 2.05) is 26.8 Å². The summed E-state index contributed by atoms with van der Waals surface area (Å²) >= 11 is 0. The highest BCUT2D eigenvalue weighted by Gasteiger charge is 2.14. The van der Waals surface area contributed by atoms with Crippen LogP contribution >= 0.6 is 0 Å². The van der Waals surface area contributed by atoms with Crippen LogP contribution in [0.3, 0.4) is 0 Å². The van der Waals surface area contributed by atoms with Crippen LogP contribution in [0.15, 0.2) is 18.2 Å². The van der Waals surface area contributed by atoms with Crippen molar-refractivity contribution in [1.29, 1.82) is 0 Å². The van der Waals surface area contributed by atoms with Gasteiger partial charge < -0.3 is 9.84 Å². The Hall–Kier alpha value is -1.84. The molecule has 0 radical (unpaired) electrons. The Morgan fingerprint density at radius 2 is 1.95 bits per heavy atom. The van der Waals surface area contributed by atoms with E-state index in [1.54, 1.807) is 12.1 Å². The first-order chi connectivity index (χ1) is 8.90. The van der Waals surface area contributed by atoms with Crippen LogP contribution in [0, 0.1) is 6.92 Å². The van der Waals surface area contributed by atoms with Crippen molar-refractivity contribution in [1.82, 2.24) is 0 Å². The smallest absolute Gasteiger partial charge is 0.303 e. The van der Waals surface area contributed by atoms with Gasteiger partial charge >= 0.3 is 5.97 Å². The second-order valence-electron chi connectivity index (χ2n) is 4.84. The molecule has 0 aliphatic rings. The maximum atomic E-state index is 12.1. The number of carboxylic acid groups (broad SMARTS) is 1. The zero-order chi connectivity index (χ0) is 14.4. The highest BCUT2D eigenvalue weighted by atomic mass is 16.5. The molecule has 1 aromatic rings. The van der Waals surface area contributed by atoms with Crippen LogP contribution in [0.25, 0.3) is 0 Å². The standard InChI is InChI=1S/C15H20O4/c1-10(2)19-14-8-7-11(3)9-12(14)13(16)5-4-6-15(17)18/h7-10H,4-6H2,1-3H3,(H,17,18). The van der Waals surface area contributed by atoms with E-state index in [1.165, 1.54) is 0 Å². The molecule has 0 amide bonds. The number of carboxylic acids is 1. The van der Waals surface area contributed by atoms with Gasteiger partial charge in [0.25, 0.3) is 0 Å². The van der Waals surface area contributed by atoms with E-state index in [9.17, 15) is 9.59 Å². The first-order valence-electron chi connectivity index (χ1n) is 6.42. The van der Waals surface area contributed by atoms with Crippen LogP contribution < -0.4 is 4.74 Å². The number of hydrogen-bond donors (Lipinski definition) is 1. The number of benzene rings is 1. The number of ketones is 1. The quantitative estimate of drug-likeness (QED) is 0.768. The van der Waals surface area contributed by atoms with Crippen LogP contribution in [-0.2, 0) is 4.79 Å². The van der Waals surface area contributed by atoms with Crippen LogP contribution in [0.1, 0.15) is 49.0 Å². The average molecular weight is 264 g/mol. The highest BCUT2D eigenvalue weighted by Crippen LogP contribution is 2.23. The number of ether oxygens (including phenoxy) is 1. The molecule has 0 saturated heterocycles. The SMILES string of the molecule is Cc1ccc(OC(C)C)c(C(=O)CCCC(=O)O)c1. The van der Waals surface area contributed by atoms with E-state index in [0.29, 0.717) is 17.7 Å². The summed E-state index contributed by atoms with van der Waals surface area (Å²) in [5, 5.41) is 8.58. The van der Waals surface area contributed by atoms with Crippen molar-refractivity contribution in [2.24, 2.45) is 0 Å². The Morgan fingerprint density at radius 1 is 1.26 bits per heavy atom. The highest BCUT2D eigenvalue weighted by molar-refractivity contribution is 5.99. The van der Waals surface area contributed by atoms with Crippen LogP contribution in [0.4, 0.5) is 0 Å². The Labute approximate surface area is 113 Å². The van der Waals surface area contributed by atoms with Crippen molar-refractivity contribution in [3.05, 3.63) is 29.3 Å². The lowest BCUT2D eigenvalue weighted by molar-refractivity contribution is -0.137. The molecule has 0 spiro atoms. The molecule has 1 rings (SSSR count). The molecule has 0 unspecified atom stereocenters. The topological polar surface area (TPSA) is 63.6 Å². The van der Waals surface area contributed by atoms with Gasteiger partial charge in [0.05, 0.1) is 11.7 Å². The summed E-state index contributed by atoms with van der Waals surface area (Å²) in [5.74, 6) is -0.378. The summed E-state index contributed by atoms with van der Waals surface area (Å²) in [6.07, 6.45) is 0.582. The van der Waals surface area contributed by atoms with Gasteiger partial charge in [-0.25, -0.2) is 0 Å². The molecule has 0 bridgehead atoms. The third kappa shape index (κ3) is 5.12. The monoisotopic (exact) mass is 264 g/mol. The molecule has 0 heterocycles. The molecule has 4 heteroatoms. The van der Waals surface area contributed by atoms with Crippen LogP contribution in [0.2, 0.25) is 0 Å². The molecule has 0 aromatic heterocycles. The van der Waals surface area contributed by atoms with Crippen molar-refractivity contribution in [2.75, 3.05) is 0 Å². The molecule has 4 nitrogen and oxygen atoms in total. The molecular formula is C15H20O4. The van der Waals surface area contributed by atoms with Crippen molar-refractivity contribution in [2.45, 2.75) is 46.1 Å². The van der Waals surface area contributed by atoms with E-state index in [0.717, 1.165) is 5.56 Å². The maximum Gasteiger partial charge on any atom is 0.303 e. The first-order valence-corrected chi connectivity index (χ1v) is 6.42. The van der Waals surface area contributed by atoms with Gasteiger partial charge in [-0.05, 0) is 39.3 Å². The van der Waals surface area contributed by atoms with Gasteiger partial charge in [0.1, 0.15) is 5.75 Å². The number of rotatable bonds is 7. The summed E-state index contributed by atoms with van der Waals surface area (Å²) in [4.78, 5) is 22.6. The molecular weight excluding hydrogens is 244 g/mol. The molecule has 0 saturated carbocycles. The zero-order valence-electron chi connectivity index (χ0n) is 11.6. The summed E-state index contributed by atoms with van der Waals surface area (Å²) < 4.78 is 5.61. The van der Waals surface area contributed by atoms with Crippen molar-refractivity contribution in [3.63, 3.8) is 0 Å². The molecule has 0 fully saturated rings. The van der Waals surface area contributed by atoms with Gasteiger partial charge in [0.15, 0.2) is 5.78 Å². The largest absolute Gasteiger partial charge is 0.490 e. The van der Waals surface area contributed by atoms with Crippen LogP contribution in [-0.4, -0.2) is 23.0 Å². The van der Waals surface area contributed by atoms with Gasteiger partial charge in [-0.3, -0.25) is 9.59 Å².